The lowest BCUT2D eigenvalue weighted by Crippen LogP contribution is -2.22. The van der Waals surface area contributed by atoms with Gasteiger partial charge in [0.25, 0.3) is 0 Å². The average Bonchev–Trinajstić information content (AvgIpc) is 2.62. The average molecular weight is 207 g/mol. The molecule has 0 aliphatic rings. The number of aromatic nitrogens is 2. The minimum atomic E-state index is 0.501. The van der Waals surface area contributed by atoms with Gasteiger partial charge < -0.3 is 5.32 Å². The van der Waals surface area contributed by atoms with Gasteiger partial charge in [0, 0.05) is 18.8 Å². The lowest BCUT2D eigenvalue weighted by atomic mass is 10.2. The summed E-state index contributed by atoms with van der Waals surface area (Å²) in [4.78, 5) is 0. The molecule has 0 radical (unpaired) electrons. The Morgan fingerprint density at radius 3 is 2.93 bits per heavy atom. The molecule has 0 atom stereocenters. The molecule has 15 heavy (non-hydrogen) atoms. The third kappa shape index (κ3) is 4.30. The minimum absolute atomic E-state index is 0.501. The highest BCUT2D eigenvalue weighted by atomic mass is 15.3. The van der Waals surface area contributed by atoms with Gasteiger partial charge in [-0.1, -0.05) is 32.9 Å². The van der Waals surface area contributed by atoms with Crippen molar-refractivity contribution in [1.82, 2.24) is 15.1 Å². The smallest absolute Gasteiger partial charge is 0.0762 e. The predicted octanol–water partition coefficient (Wildman–Crippen LogP) is 2.35. The third-order valence-electron chi connectivity index (χ3n) is 2.27. The number of nitrogens with one attached hydrogen (secondary N) is 1. The van der Waals surface area contributed by atoms with Crippen LogP contribution in [0.3, 0.4) is 0 Å². The number of allylic oxidation sites excluding steroid dienone is 1. The molecule has 0 aromatic carbocycles. The highest BCUT2D eigenvalue weighted by molar-refractivity contribution is 5.01. The van der Waals surface area contributed by atoms with Crippen molar-refractivity contribution in [1.29, 1.82) is 0 Å². The van der Waals surface area contributed by atoms with Gasteiger partial charge in [0.1, 0.15) is 0 Å². The summed E-state index contributed by atoms with van der Waals surface area (Å²) in [5.41, 5.74) is 2.30. The Bertz CT molecular complexity index is 312. The molecule has 0 bridgehead atoms. The van der Waals surface area contributed by atoms with Gasteiger partial charge in [0.15, 0.2) is 0 Å². The second kappa shape index (κ2) is 5.71. The van der Waals surface area contributed by atoms with Crippen LogP contribution in [0.25, 0.3) is 0 Å². The molecule has 1 aromatic heterocycles. The van der Waals surface area contributed by atoms with E-state index < -0.39 is 0 Å². The minimum Gasteiger partial charge on any atom is -0.309 e. The van der Waals surface area contributed by atoms with Crippen LogP contribution in [-0.2, 0) is 13.1 Å². The second-order valence-corrected chi connectivity index (χ2v) is 4.14. The van der Waals surface area contributed by atoms with Gasteiger partial charge in [-0.3, -0.25) is 4.68 Å². The zero-order valence-corrected chi connectivity index (χ0v) is 9.95. The van der Waals surface area contributed by atoms with Crippen LogP contribution in [0.4, 0.5) is 0 Å². The molecule has 0 spiro atoms. The zero-order chi connectivity index (χ0) is 11.3. The van der Waals surface area contributed by atoms with Crippen molar-refractivity contribution in [3.8, 4) is 0 Å². The van der Waals surface area contributed by atoms with E-state index in [0.29, 0.717) is 6.04 Å². The fraction of sp³-hybridized carbons (Fsp3) is 0.583. The van der Waals surface area contributed by atoms with E-state index in [0.717, 1.165) is 25.2 Å². The molecule has 0 saturated heterocycles. The molecule has 1 aromatic rings. The van der Waals surface area contributed by atoms with Gasteiger partial charge in [-0.15, -0.1) is 0 Å². The lowest BCUT2D eigenvalue weighted by Gasteiger charge is -2.05. The van der Waals surface area contributed by atoms with Crippen molar-refractivity contribution < 1.29 is 0 Å². The summed E-state index contributed by atoms with van der Waals surface area (Å²) in [6.45, 7) is 12.0. The van der Waals surface area contributed by atoms with Crippen LogP contribution in [-0.4, -0.2) is 15.8 Å². The van der Waals surface area contributed by atoms with Gasteiger partial charge in [0.05, 0.1) is 12.2 Å². The number of rotatable bonds is 6. The van der Waals surface area contributed by atoms with E-state index in [-0.39, 0.29) is 0 Å². The quantitative estimate of drug-likeness (QED) is 0.726. The SMILES string of the molecule is C=C(CC)Cn1ccc(CNC(C)C)n1. The number of hydrogen-bond donors (Lipinski definition) is 1. The summed E-state index contributed by atoms with van der Waals surface area (Å²) in [6, 6.07) is 2.55. The Balaban J connectivity index is 2.45. The predicted molar refractivity (Wildman–Crippen MR) is 63.6 cm³/mol. The van der Waals surface area contributed by atoms with Crippen LogP contribution in [0.2, 0.25) is 0 Å². The molecular formula is C12H21N3. The summed E-state index contributed by atoms with van der Waals surface area (Å²) < 4.78 is 1.95. The van der Waals surface area contributed by atoms with Crippen molar-refractivity contribution in [2.45, 2.75) is 46.3 Å². The molecule has 0 saturated carbocycles. The largest absolute Gasteiger partial charge is 0.309 e. The maximum Gasteiger partial charge on any atom is 0.0762 e. The first-order chi connectivity index (χ1) is 7.11. The Hall–Kier alpha value is -1.09. The molecule has 3 nitrogen and oxygen atoms in total. The van der Waals surface area contributed by atoms with Crippen molar-refractivity contribution in [2.75, 3.05) is 0 Å². The molecule has 1 heterocycles. The van der Waals surface area contributed by atoms with Crippen LogP contribution in [0.1, 0.15) is 32.9 Å². The van der Waals surface area contributed by atoms with Crippen LogP contribution in [0.15, 0.2) is 24.4 Å². The van der Waals surface area contributed by atoms with Crippen molar-refractivity contribution >= 4 is 0 Å². The highest BCUT2D eigenvalue weighted by Gasteiger charge is 2.00. The Kier molecular flexibility index (Phi) is 4.56. The van der Waals surface area contributed by atoms with E-state index in [1.54, 1.807) is 0 Å². The first kappa shape index (κ1) is 12.0. The lowest BCUT2D eigenvalue weighted by molar-refractivity contribution is 0.568. The first-order valence-corrected chi connectivity index (χ1v) is 5.54. The van der Waals surface area contributed by atoms with Gasteiger partial charge in [-0.2, -0.15) is 5.10 Å². The van der Waals surface area contributed by atoms with Crippen LogP contribution < -0.4 is 5.32 Å². The zero-order valence-electron chi connectivity index (χ0n) is 9.95. The molecule has 0 aliphatic heterocycles. The molecule has 1 rings (SSSR count). The van der Waals surface area contributed by atoms with Gasteiger partial charge >= 0.3 is 0 Å². The van der Waals surface area contributed by atoms with Crippen LogP contribution in [0.5, 0.6) is 0 Å². The number of nitrogens with zero attached hydrogens (tertiary/aromatic N) is 2. The van der Waals surface area contributed by atoms with E-state index in [4.69, 9.17) is 0 Å². The molecule has 3 heteroatoms. The topological polar surface area (TPSA) is 29.9 Å². The Morgan fingerprint density at radius 1 is 1.60 bits per heavy atom. The standard InChI is InChI=1S/C12H21N3/c1-5-11(4)9-15-7-6-12(14-15)8-13-10(2)3/h6-7,10,13H,4-5,8-9H2,1-3H3. The Labute approximate surface area is 92.2 Å². The summed E-state index contributed by atoms with van der Waals surface area (Å²) in [6.07, 6.45) is 3.03. The van der Waals surface area contributed by atoms with E-state index in [2.05, 4.69) is 43.8 Å². The third-order valence-corrected chi connectivity index (χ3v) is 2.27. The summed E-state index contributed by atoms with van der Waals surface area (Å²) in [7, 11) is 0. The molecule has 0 fully saturated rings. The molecule has 1 N–H and O–H groups in total. The Morgan fingerprint density at radius 2 is 2.33 bits per heavy atom. The maximum absolute atomic E-state index is 4.46. The normalized spacial score (nSPS) is 10.9. The fourth-order valence-electron chi connectivity index (χ4n) is 1.24. The van der Waals surface area contributed by atoms with Crippen molar-refractivity contribution in [2.24, 2.45) is 0 Å². The highest BCUT2D eigenvalue weighted by Crippen LogP contribution is 2.02. The number of hydrogen-bond acceptors (Lipinski definition) is 2. The second-order valence-electron chi connectivity index (χ2n) is 4.14. The molecule has 0 aliphatic carbocycles. The van der Waals surface area contributed by atoms with Crippen molar-refractivity contribution in [3.63, 3.8) is 0 Å². The van der Waals surface area contributed by atoms with Crippen molar-refractivity contribution in [3.05, 3.63) is 30.1 Å². The van der Waals surface area contributed by atoms with E-state index in [1.165, 1.54) is 5.57 Å². The molecule has 84 valence electrons. The summed E-state index contributed by atoms with van der Waals surface area (Å²) in [5, 5.41) is 7.81. The van der Waals surface area contributed by atoms with Gasteiger partial charge in [-0.25, -0.2) is 0 Å². The summed E-state index contributed by atoms with van der Waals surface area (Å²) in [5.74, 6) is 0. The van der Waals surface area contributed by atoms with E-state index in [9.17, 15) is 0 Å². The fourth-order valence-corrected chi connectivity index (χ4v) is 1.24. The van der Waals surface area contributed by atoms with Gasteiger partial charge in [0.2, 0.25) is 0 Å². The molecule has 0 unspecified atom stereocenters. The molecular weight excluding hydrogens is 186 g/mol. The summed E-state index contributed by atoms with van der Waals surface area (Å²) >= 11 is 0. The first-order valence-electron chi connectivity index (χ1n) is 5.54. The van der Waals surface area contributed by atoms with E-state index in [1.807, 2.05) is 10.9 Å². The molecule has 0 amide bonds. The maximum atomic E-state index is 4.46. The van der Waals surface area contributed by atoms with Crippen LogP contribution >= 0.6 is 0 Å². The van der Waals surface area contributed by atoms with Gasteiger partial charge in [-0.05, 0) is 12.5 Å². The monoisotopic (exact) mass is 207 g/mol. The van der Waals surface area contributed by atoms with Crippen LogP contribution in [0, 0.1) is 0 Å². The van der Waals surface area contributed by atoms with E-state index >= 15 is 0 Å².